The monoisotopic (exact) mass is 518 g/mol. The quantitative estimate of drug-likeness (QED) is 0.480. The molecule has 7 heteroatoms. The lowest BCUT2D eigenvalue weighted by atomic mass is 9.45. The van der Waals surface area contributed by atoms with Crippen LogP contribution in [-0.2, 0) is 19.2 Å². The first-order chi connectivity index (χ1) is 18.9. The summed E-state index contributed by atoms with van der Waals surface area (Å²) in [5.74, 6) is -4.19. The second-order valence-electron chi connectivity index (χ2n) is 10.9. The van der Waals surface area contributed by atoms with E-state index < -0.39 is 35.0 Å². The summed E-state index contributed by atoms with van der Waals surface area (Å²) in [6.07, 6.45) is 2.00. The predicted octanol–water partition coefficient (Wildman–Crippen LogP) is 4.34. The van der Waals surface area contributed by atoms with Gasteiger partial charge in [-0.3, -0.25) is 29.0 Å². The summed E-state index contributed by atoms with van der Waals surface area (Å²) in [7, 11) is 1.59. The van der Waals surface area contributed by atoms with Crippen molar-refractivity contribution in [1.29, 1.82) is 0 Å². The van der Waals surface area contributed by atoms with E-state index in [4.69, 9.17) is 4.74 Å². The minimum Gasteiger partial charge on any atom is -0.497 e. The first kappa shape index (κ1) is 23.6. The fourth-order valence-electron chi connectivity index (χ4n) is 7.55. The van der Waals surface area contributed by atoms with Gasteiger partial charge < -0.3 is 4.74 Å². The molecule has 3 aliphatic carbocycles. The summed E-state index contributed by atoms with van der Waals surface area (Å²) in [6.45, 7) is 1.88. The Hall–Kier alpha value is -4.52. The number of benzene rings is 3. The SMILES string of the molecule is COc1ccc(C2=CC3(C)[C@@H]4C(=O)N(c5ccccc5)C(=O)[C@H]4C2[C@H]2C(=O)N(c4ccccc4)C(=O)[C@@H]23)cc1. The maximum absolute atomic E-state index is 14.1. The van der Waals surface area contributed by atoms with Gasteiger partial charge in [0.15, 0.2) is 0 Å². The van der Waals surface area contributed by atoms with E-state index in [9.17, 15) is 19.2 Å². The second kappa shape index (κ2) is 8.24. The van der Waals surface area contributed by atoms with E-state index in [0.29, 0.717) is 17.1 Å². The van der Waals surface area contributed by atoms with Crippen LogP contribution in [0.15, 0.2) is 91.0 Å². The van der Waals surface area contributed by atoms with Crippen LogP contribution >= 0.6 is 0 Å². The minimum atomic E-state index is -1.04. The van der Waals surface area contributed by atoms with Gasteiger partial charge in [0.1, 0.15) is 5.75 Å². The molecule has 0 spiro atoms. The Labute approximate surface area is 225 Å². The third-order valence-electron chi connectivity index (χ3n) is 9.09. The molecule has 8 rings (SSSR count). The van der Waals surface area contributed by atoms with Crippen LogP contribution in [0.2, 0.25) is 0 Å². The molecule has 39 heavy (non-hydrogen) atoms. The molecule has 0 aromatic heterocycles. The van der Waals surface area contributed by atoms with Crippen LogP contribution in [0.1, 0.15) is 12.5 Å². The Kier molecular flexibility index (Phi) is 4.98. The van der Waals surface area contributed by atoms with Crippen molar-refractivity contribution >= 4 is 40.6 Å². The third-order valence-corrected chi connectivity index (χ3v) is 9.09. The number of hydrogen-bond acceptors (Lipinski definition) is 5. The number of anilines is 2. The first-order valence-corrected chi connectivity index (χ1v) is 13.1. The Morgan fingerprint density at radius 3 is 1.51 bits per heavy atom. The zero-order chi connectivity index (χ0) is 27.1. The highest BCUT2D eigenvalue weighted by Gasteiger charge is 2.74. The molecule has 3 aromatic rings. The van der Waals surface area contributed by atoms with Gasteiger partial charge in [0.05, 0.1) is 42.2 Å². The number of carbonyl (C=O) groups is 4. The number of hydrogen-bond donors (Lipinski definition) is 0. The maximum Gasteiger partial charge on any atom is 0.238 e. The van der Waals surface area contributed by atoms with Gasteiger partial charge in [-0.1, -0.05) is 61.5 Å². The van der Waals surface area contributed by atoms with Gasteiger partial charge in [0.2, 0.25) is 23.6 Å². The summed E-state index contributed by atoms with van der Waals surface area (Å²) in [5, 5.41) is 0. The van der Waals surface area contributed by atoms with E-state index >= 15 is 0 Å². The number of methoxy groups -OCH3 is 1. The molecule has 2 heterocycles. The predicted molar refractivity (Wildman–Crippen MR) is 144 cm³/mol. The van der Waals surface area contributed by atoms with E-state index in [1.165, 1.54) is 9.80 Å². The largest absolute Gasteiger partial charge is 0.497 e. The van der Waals surface area contributed by atoms with Crippen LogP contribution in [0.4, 0.5) is 11.4 Å². The summed E-state index contributed by atoms with van der Waals surface area (Å²) < 4.78 is 5.33. The van der Waals surface area contributed by atoms with Crippen LogP contribution < -0.4 is 14.5 Å². The summed E-state index contributed by atoms with van der Waals surface area (Å²) >= 11 is 0. The number of carbonyl (C=O) groups excluding carboxylic acids is 4. The average molecular weight is 519 g/mol. The highest BCUT2D eigenvalue weighted by Crippen LogP contribution is 2.67. The van der Waals surface area contributed by atoms with Crippen molar-refractivity contribution in [3.05, 3.63) is 96.6 Å². The van der Waals surface area contributed by atoms with Crippen LogP contribution in [0.25, 0.3) is 5.57 Å². The summed E-state index contributed by atoms with van der Waals surface area (Å²) in [5.41, 5.74) is 1.65. The number of para-hydroxylation sites is 2. The Balaban J connectivity index is 1.42. The lowest BCUT2D eigenvalue weighted by Crippen LogP contribution is -2.57. The highest BCUT2D eigenvalue weighted by atomic mass is 16.5. The molecular weight excluding hydrogens is 492 g/mol. The van der Waals surface area contributed by atoms with E-state index in [-0.39, 0.29) is 23.6 Å². The molecule has 6 atom stereocenters. The van der Waals surface area contributed by atoms with E-state index in [0.717, 1.165) is 11.1 Å². The van der Waals surface area contributed by atoms with Crippen molar-refractivity contribution < 1.29 is 23.9 Å². The van der Waals surface area contributed by atoms with Crippen LogP contribution in [-0.4, -0.2) is 30.7 Å². The van der Waals surface area contributed by atoms with Crippen molar-refractivity contribution in [3.8, 4) is 5.75 Å². The fourth-order valence-corrected chi connectivity index (χ4v) is 7.55. The van der Waals surface area contributed by atoms with E-state index in [1.807, 2.05) is 49.4 Å². The molecule has 0 N–H and O–H groups in total. The van der Waals surface area contributed by atoms with Gasteiger partial charge in [0, 0.05) is 11.3 Å². The van der Waals surface area contributed by atoms with Crippen LogP contribution in [0, 0.1) is 35.0 Å². The highest BCUT2D eigenvalue weighted by molar-refractivity contribution is 6.27. The molecule has 194 valence electrons. The first-order valence-electron chi connectivity index (χ1n) is 13.1. The molecule has 2 saturated heterocycles. The van der Waals surface area contributed by atoms with Gasteiger partial charge in [-0.25, -0.2) is 0 Å². The van der Waals surface area contributed by atoms with Crippen LogP contribution in [0.3, 0.4) is 0 Å². The molecule has 2 bridgehead atoms. The molecule has 3 fully saturated rings. The zero-order valence-electron chi connectivity index (χ0n) is 21.5. The Morgan fingerprint density at radius 2 is 1.08 bits per heavy atom. The number of allylic oxidation sites excluding steroid dienone is 2. The smallest absolute Gasteiger partial charge is 0.238 e. The van der Waals surface area contributed by atoms with Gasteiger partial charge in [-0.15, -0.1) is 0 Å². The third kappa shape index (κ3) is 3.04. The molecule has 2 unspecified atom stereocenters. The molecule has 3 aromatic carbocycles. The molecule has 1 saturated carbocycles. The Bertz CT molecular complexity index is 1480. The van der Waals surface area contributed by atoms with Crippen LogP contribution in [0.5, 0.6) is 5.75 Å². The van der Waals surface area contributed by atoms with E-state index in [1.54, 1.807) is 55.6 Å². The fraction of sp³-hybridized carbons (Fsp3) is 0.250. The lowest BCUT2D eigenvalue weighted by Gasteiger charge is -2.54. The lowest BCUT2D eigenvalue weighted by molar-refractivity contribution is -0.144. The molecule has 4 amide bonds. The van der Waals surface area contributed by atoms with E-state index in [2.05, 4.69) is 0 Å². The number of rotatable bonds is 4. The van der Waals surface area contributed by atoms with Gasteiger partial charge in [-0.2, -0.15) is 0 Å². The Morgan fingerprint density at radius 1 is 0.615 bits per heavy atom. The number of imide groups is 2. The summed E-state index contributed by atoms with van der Waals surface area (Å²) in [6, 6.07) is 25.3. The molecule has 5 aliphatic rings. The number of nitrogens with zero attached hydrogens (tertiary/aromatic N) is 2. The average Bonchev–Trinajstić information content (AvgIpc) is 3.40. The van der Waals surface area contributed by atoms with Crippen molar-refractivity contribution in [2.45, 2.75) is 6.92 Å². The number of ether oxygens (including phenoxy) is 1. The zero-order valence-corrected chi connectivity index (χ0v) is 21.5. The van der Waals surface area contributed by atoms with Gasteiger partial charge in [-0.05, 0) is 47.5 Å². The van der Waals surface area contributed by atoms with Gasteiger partial charge >= 0.3 is 0 Å². The van der Waals surface area contributed by atoms with Crippen molar-refractivity contribution in [2.24, 2.45) is 35.0 Å². The topological polar surface area (TPSA) is 84.0 Å². The normalized spacial score (nSPS) is 30.9. The van der Waals surface area contributed by atoms with Crippen molar-refractivity contribution in [2.75, 3.05) is 16.9 Å². The molecule has 2 aliphatic heterocycles. The van der Waals surface area contributed by atoms with Crippen molar-refractivity contribution in [1.82, 2.24) is 0 Å². The maximum atomic E-state index is 14.1. The summed E-state index contributed by atoms with van der Waals surface area (Å²) in [4.78, 5) is 58.9. The molecular formula is C32H26N2O5. The second-order valence-corrected chi connectivity index (χ2v) is 10.9. The molecule has 0 radical (unpaired) electrons. The van der Waals surface area contributed by atoms with Gasteiger partial charge in [0.25, 0.3) is 0 Å². The standard InChI is InChI=1S/C32H26N2O5/c1-32-17-22(18-13-15-21(39-2)16-14-18)23(24-26(32)30(37)33(28(24)35)19-9-5-3-6-10-19)25-27(32)31(38)34(29(25)36)20-11-7-4-8-12-20/h3-17,23-27H,1-2H3/t23?,24-,25+,26-,27+,32?. The minimum absolute atomic E-state index is 0.314. The number of amides is 4. The van der Waals surface area contributed by atoms with Crippen molar-refractivity contribution in [3.63, 3.8) is 0 Å². The molecule has 7 nitrogen and oxygen atoms in total.